The lowest BCUT2D eigenvalue weighted by atomic mass is 10.2. The summed E-state index contributed by atoms with van der Waals surface area (Å²) in [5.41, 5.74) is 1.57. The second kappa shape index (κ2) is 7.80. The lowest BCUT2D eigenvalue weighted by Gasteiger charge is -2.03. The van der Waals surface area contributed by atoms with Crippen LogP contribution in [0.2, 0.25) is 0 Å². The summed E-state index contributed by atoms with van der Waals surface area (Å²) < 4.78 is 21.9. The first-order valence-corrected chi connectivity index (χ1v) is 10.3. The van der Waals surface area contributed by atoms with Crippen molar-refractivity contribution in [1.29, 1.82) is 0 Å². The SMILES string of the molecule is CC(=O)c1oc2ccccc2c1NC(=O)CSc1nnc(-c2ccc3c(c2)OCO3)o1. The van der Waals surface area contributed by atoms with Crippen molar-refractivity contribution >= 4 is 40.1 Å². The number of hydrogen-bond acceptors (Lipinski definition) is 9. The minimum absolute atomic E-state index is 0.0135. The number of hydrogen-bond donors (Lipinski definition) is 1. The molecule has 5 rings (SSSR count). The molecule has 2 aromatic carbocycles. The maximum absolute atomic E-state index is 12.5. The van der Waals surface area contributed by atoms with Crippen molar-refractivity contribution in [2.24, 2.45) is 0 Å². The average molecular weight is 437 g/mol. The molecule has 0 unspecified atom stereocenters. The maximum atomic E-state index is 12.5. The average Bonchev–Trinajstić information content (AvgIpc) is 3.50. The van der Waals surface area contributed by atoms with Crippen LogP contribution in [0.4, 0.5) is 5.69 Å². The molecule has 9 nitrogen and oxygen atoms in total. The highest BCUT2D eigenvalue weighted by atomic mass is 32.2. The third-order valence-corrected chi connectivity index (χ3v) is 5.35. The summed E-state index contributed by atoms with van der Waals surface area (Å²) in [6.45, 7) is 1.56. The van der Waals surface area contributed by atoms with Gasteiger partial charge in [0, 0.05) is 17.9 Å². The summed E-state index contributed by atoms with van der Waals surface area (Å²) in [7, 11) is 0. The Bertz CT molecular complexity index is 1310. The molecule has 0 fully saturated rings. The maximum Gasteiger partial charge on any atom is 0.277 e. The summed E-state index contributed by atoms with van der Waals surface area (Å²) >= 11 is 1.09. The molecular formula is C21H15N3O6S. The number of amides is 1. The van der Waals surface area contributed by atoms with Crippen molar-refractivity contribution in [3.63, 3.8) is 0 Å². The second-order valence-electron chi connectivity index (χ2n) is 6.64. The number of rotatable bonds is 6. The molecule has 1 N–H and O–H groups in total. The summed E-state index contributed by atoms with van der Waals surface area (Å²) in [6.07, 6.45) is 0. The van der Waals surface area contributed by atoms with Crippen molar-refractivity contribution in [3.05, 3.63) is 48.2 Å². The van der Waals surface area contributed by atoms with Gasteiger partial charge in [-0.2, -0.15) is 0 Å². The Kier molecular flexibility index (Phi) is 4.83. The van der Waals surface area contributed by atoms with Crippen molar-refractivity contribution < 1.29 is 27.9 Å². The van der Waals surface area contributed by atoms with E-state index >= 15 is 0 Å². The zero-order chi connectivity index (χ0) is 21.4. The van der Waals surface area contributed by atoms with Gasteiger partial charge in [0.2, 0.25) is 18.6 Å². The van der Waals surface area contributed by atoms with E-state index < -0.39 is 0 Å². The van der Waals surface area contributed by atoms with E-state index in [1.807, 2.05) is 6.07 Å². The van der Waals surface area contributed by atoms with Gasteiger partial charge in [-0.25, -0.2) is 0 Å². The van der Waals surface area contributed by atoms with E-state index in [2.05, 4.69) is 15.5 Å². The summed E-state index contributed by atoms with van der Waals surface area (Å²) in [5, 5.41) is 11.7. The Morgan fingerprint density at radius 1 is 1.06 bits per heavy atom. The predicted octanol–water partition coefficient (Wildman–Crippen LogP) is 4.14. The van der Waals surface area contributed by atoms with Crippen molar-refractivity contribution in [3.8, 4) is 23.0 Å². The van der Waals surface area contributed by atoms with E-state index in [-0.39, 0.29) is 35.2 Å². The Morgan fingerprint density at radius 3 is 2.77 bits per heavy atom. The molecule has 0 saturated carbocycles. The van der Waals surface area contributed by atoms with E-state index in [1.54, 1.807) is 36.4 Å². The number of nitrogens with one attached hydrogen (secondary N) is 1. The molecule has 0 aliphatic carbocycles. The lowest BCUT2D eigenvalue weighted by Crippen LogP contribution is -2.15. The van der Waals surface area contributed by atoms with Gasteiger partial charge in [-0.1, -0.05) is 23.9 Å². The van der Waals surface area contributed by atoms with Crippen LogP contribution in [0.5, 0.6) is 11.5 Å². The van der Waals surface area contributed by atoms with Gasteiger partial charge in [0.15, 0.2) is 23.0 Å². The van der Waals surface area contributed by atoms with Gasteiger partial charge >= 0.3 is 0 Å². The number of fused-ring (bicyclic) bond motifs is 2. The monoisotopic (exact) mass is 437 g/mol. The molecule has 0 spiro atoms. The summed E-state index contributed by atoms with van der Waals surface area (Å²) in [5.74, 6) is 1.10. The number of furan rings is 1. The molecule has 1 amide bonds. The first kappa shape index (κ1) is 19.2. The summed E-state index contributed by atoms with van der Waals surface area (Å²) in [6, 6.07) is 12.4. The zero-order valence-electron chi connectivity index (χ0n) is 16.2. The van der Waals surface area contributed by atoms with Crippen LogP contribution in [0, 0.1) is 0 Å². The van der Waals surface area contributed by atoms with Gasteiger partial charge < -0.3 is 23.6 Å². The van der Waals surface area contributed by atoms with Crippen LogP contribution in [0.1, 0.15) is 17.5 Å². The largest absolute Gasteiger partial charge is 0.454 e. The van der Waals surface area contributed by atoms with Crippen LogP contribution in [-0.2, 0) is 4.79 Å². The van der Waals surface area contributed by atoms with Gasteiger partial charge in [0.25, 0.3) is 5.22 Å². The number of Topliss-reactive ketones (excluding diaryl/α,β-unsaturated/α-hetero) is 1. The highest BCUT2D eigenvalue weighted by Gasteiger charge is 2.21. The fourth-order valence-corrected chi connectivity index (χ4v) is 3.70. The number of anilines is 1. The Morgan fingerprint density at radius 2 is 1.90 bits per heavy atom. The molecule has 156 valence electrons. The quantitative estimate of drug-likeness (QED) is 0.351. The number of para-hydroxylation sites is 1. The van der Waals surface area contributed by atoms with E-state index in [0.717, 1.165) is 11.8 Å². The highest BCUT2D eigenvalue weighted by molar-refractivity contribution is 7.99. The van der Waals surface area contributed by atoms with Gasteiger partial charge in [-0.05, 0) is 30.3 Å². The van der Waals surface area contributed by atoms with Crippen LogP contribution in [0.15, 0.2) is 56.5 Å². The van der Waals surface area contributed by atoms with E-state index in [1.165, 1.54) is 6.92 Å². The number of ether oxygens (including phenoxy) is 2. The van der Waals surface area contributed by atoms with Crippen molar-refractivity contribution in [2.75, 3.05) is 17.9 Å². The molecular weight excluding hydrogens is 422 g/mol. The molecule has 2 aromatic heterocycles. The molecule has 10 heteroatoms. The molecule has 0 saturated heterocycles. The smallest absolute Gasteiger partial charge is 0.277 e. The Labute approximate surface area is 179 Å². The normalized spacial score (nSPS) is 12.3. The van der Waals surface area contributed by atoms with Crippen LogP contribution in [0.3, 0.4) is 0 Å². The molecule has 0 bridgehead atoms. The lowest BCUT2D eigenvalue weighted by molar-refractivity contribution is -0.113. The van der Waals surface area contributed by atoms with E-state index in [4.69, 9.17) is 18.3 Å². The fourth-order valence-electron chi connectivity index (χ4n) is 3.13. The molecule has 0 atom stereocenters. The highest BCUT2D eigenvalue weighted by Crippen LogP contribution is 2.36. The molecule has 31 heavy (non-hydrogen) atoms. The van der Waals surface area contributed by atoms with Crippen LogP contribution in [-0.4, -0.2) is 34.4 Å². The Hall–Kier alpha value is -3.79. The number of carbonyl (C=O) groups is 2. The first-order chi connectivity index (χ1) is 15.1. The molecule has 0 radical (unpaired) electrons. The number of aromatic nitrogens is 2. The van der Waals surface area contributed by atoms with Gasteiger partial charge in [0.05, 0.1) is 11.4 Å². The fraction of sp³-hybridized carbons (Fsp3) is 0.143. The van der Waals surface area contributed by atoms with E-state index in [9.17, 15) is 9.59 Å². The third kappa shape index (κ3) is 3.73. The van der Waals surface area contributed by atoms with Crippen LogP contribution < -0.4 is 14.8 Å². The number of benzene rings is 2. The zero-order valence-corrected chi connectivity index (χ0v) is 17.0. The number of ketones is 1. The number of thioether (sulfide) groups is 1. The van der Waals surface area contributed by atoms with Crippen molar-refractivity contribution in [2.45, 2.75) is 12.1 Å². The van der Waals surface area contributed by atoms with Gasteiger partial charge in [-0.3, -0.25) is 9.59 Å². The number of carbonyl (C=O) groups excluding carboxylic acids is 2. The topological polar surface area (TPSA) is 117 Å². The molecule has 1 aliphatic heterocycles. The van der Waals surface area contributed by atoms with E-state index in [0.29, 0.717) is 39.6 Å². The first-order valence-electron chi connectivity index (χ1n) is 9.27. The minimum atomic E-state index is -0.332. The molecule has 4 aromatic rings. The Balaban J connectivity index is 1.27. The molecule has 3 heterocycles. The van der Waals surface area contributed by atoms with Crippen LogP contribution >= 0.6 is 11.8 Å². The summed E-state index contributed by atoms with van der Waals surface area (Å²) in [4.78, 5) is 24.4. The third-order valence-electron chi connectivity index (χ3n) is 4.53. The van der Waals surface area contributed by atoms with Gasteiger partial charge in [0.1, 0.15) is 5.58 Å². The second-order valence-corrected chi connectivity index (χ2v) is 7.56. The molecule has 1 aliphatic rings. The van der Waals surface area contributed by atoms with Crippen LogP contribution in [0.25, 0.3) is 22.4 Å². The van der Waals surface area contributed by atoms with Gasteiger partial charge in [-0.15, -0.1) is 10.2 Å². The van der Waals surface area contributed by atoms with Crippen molar-refractivity contribution in [1.82, 2.24) is 10.2 Å². The number of nitrogens with zero attached hydrogens (tertiary/aromatic N) is 2. The predicted molar refractivity (Wildman–Crippen MR) is 111 cm³/mol. The standard InChI is InChI=1S/C21H15N3O6S/c1-11(25)19-18(13-4-2-3-5-14(13)29-19)22-17(26)9-31-21-24-23-20(30-21)12-6-7-15-16(8-12)28-10-27-15/h2-8H,9-10H2,1H3,(H,22,26). The minimum Gasteiger partial charge on any atom is -0.454 e.